The Morgan fingerprint density at radius 2 is 2.27 bits per heavy atom. The number of methoxy groups -OCH3 is 1. The number of carbonyl (C=O) groups is 1. The molecule has 0 unspecified atom stereocenters. The van der Waals surface area contributed by atoms with Crippen molar-refractivity contribution >= 4 is 5.97 Å². The van der Waals surface area contributed by atoms with Crippen molar-refractivity contribution in [2.45, 2.75) is 0 Å². The van der Waals surface area contributed by atoms with E-state index in [1.165, 1.54) is 14.2 Å². The zero-order valence-electron chi connectivity index (χ0n) is 6.34. The number of rotatable bonds is 2. The van der Waals surface area contributed by atoms with Crippen molar-refractivity contribution in [2.24, 2.45) is 5.73 Å². The summed E-state index contributed by atoms with van der Waals surface area (Å²) in [5.41, 5.74) is 5.04. The number of nitriles is 1. The van der Waals surface area contributed by atoms with Crippen LogP contribution in [-0.2, 0) is 9.53 Å². The summed E-state index contributed by atoms with van der Waals surface area (Å²) < 4.78 is 4.29. The minimum atomic E-state index is -0.737. The number of hydrogen-bond acceptors (Lipinski definition) is 5. The van der Waals surface area contributed by atoms with Crippen LogP contribution in [0, 0.1) is 11.3 Å². The average Bonchev–Trinajstić information content (AvgIpc) is 2.05. The highest BCUT2D eigenvalue weighted by Gasteiger charge is 2.12. The molecule has 5 heteroatoms. The fourth-order valence-corrected chi connectivity index (χ4v) is 0.443. The lowest BCUT2D eigenvalue weighted by Gasteiger charge is -2.01. The van der Waals surface area contributed by atoms with Gasteiger partial charge in [-0.2, -0.15) is 5.26 Å². The van der Waals surface area contributed by atoms with E-state index in [9.17, 15) is 4.79 Å². The van der Waals surface area contributed by atoms with Gasteiger partial charge in [-0.3, -0.25) is 0 Å². The molecular formula is C6H9N3O2. The van der Waals surface area contributed by atoms with E-state index in [0.717, 1.165) is 0 Å². The Hall–Kier alpha value is -1.70. The van der Waals surface area contributed by atoms with Gasteiger partial charge in [0.1, 0.15) is 11.9 Å². The minimum absolute atomic E-state index is 0.0133. The van der Waals surface area contributed by atoms with Gasteiger partial charge in [-0.1, -0.05) is 0 Å². The molecule has 0 saturated carbocycles. The van der Waals surface area contributed by atoms with Gasteiger partial charge in [0.05, 0.1) is 7.11 Å². The van der Waals surface area contributed by atoms with Gasteiger partial charge in [0.25, 0.3) is 0 Å². The highest BCUT2D eigenvalue weighted by atomic mass is 16.5. The van der Waals surface area contributed by atoms with Crippen LogP contribution in [0.1, 0.15) is 0 Å². The standard InChI is InChI=1S/C6H9N3O2/c1-9-5(8)4(3-7)6(10)11-2/h9H,8H2,1-2H3/b5-4+. The molecule has 0 aromatic rings. The molecule has 0 aromatic heterocycles. The van der Waals surface area contributed by atoms with Gasteiger partial charge in [0.15, 0.2) is 5.57 Å². The summed E-state index contributed by atoms with van der Waals surface area (Å²) in [6.07, 6.45) is 0. The maximum absolute atomic E-state index is 10.7. The number of nitrogens with zero attached hydrogens (tertiary/aromatic N) is 1. The minimum Gasteiger partial charge on any atom is -0.465 e. The molecular weight excluding hydrogens is 146 g/mol. The SMILES string of the molecule is CN/C(N)=C(\C#N)C(=O)OC. The van der Waals surface area contributed by atoms with Crippen LogP contribution in [0.15, 0.2) is 11.4 Å². The van der Waals surface area contributed by atoms with Crippen LogP contribution in [0.4, 0.5) is 0 Å². The van der Waals surface area contributed by atoms with Crippen LogP contribution < -0.4 is 11.1 Å². The van der Waals surface area contributed by atoms with Gasteiger partial charge in [0, 0.05) is 7.05 Å². The third-order valence-electron chi connectivity index (χ3n) is 1.04. The number of ether oxygens (including phenoxy) is 1. The Bertz CT molecular complexity index is 226. The lowest BCUT2D eigenvalue weighted by molar-refractivity contribution is -0.135. The lowest BCUT2D eigenvalue weighted by atomic mass is 10.3. The summed E-state index contributed by atoms with van der Waals surface area (Å²) in [7, 11) is 2.69. The number of carbonyl (C=O) groups excluding carboxylic acids is 1. The molecule has 0 aliphatic rings. The van der Waals surface area contributed by atoms with Crippen molar-refractivity contribution in [1.82, 2.24) is 5.32 Å². The largest absolute Gasteiger partial charge is 0.465 e. The molecule has 0 heterocycles. The number of esters is 1. The maximum atomic E-state index is 10.7. The van der Waals surface area contributed by atoms with E-state index in [1.807, 2.05) is 0 Å². The van der Waals surface area contributed by atoms with E-state index in [4.69, 9.17) is 11.0 Å². The Morgan fingerprint density at radius 3 is 2.55 bits per heavy atom. The molecule has 0 fully saturated rings. The molecule has 0 radical (unpaired) electrons. The van der Waals surface area contributed by atoms with E-state index in [2.05, 4.69) is 10.1 Å². The smallest absolute Gasteiger partial charge is 0.352 e. The van der Waals surface area contributed by atoms with Crippen molar-refractivity contribution in [3.63, 3.8) is 0 Å². The summed E-state index contributed by atoms with van der Waals surface area (Å²) in [5, 5.41) is 10.9. The third kappa shape index (κ3) is 2.18. The van der Waals surface area contributed by atoms with Crippen molar-refractivity contribution in [2.75, 3.05) is 14.2 Å². The van der Waals surface area contributed by atoms with E-state index < -0.39 is 5.97 Å². The van der Waals surface area contributed by atoms with E-state index in [0.29, 0.717) is 0 Å². The second kappa shape index (κ2) is 4.17. The van der Waals surface area contributed by atoms with Crippen LogP contribution in [-0.4, -0.2) is 20.1 Å². The molecule has 0 bridgehead atoms. The van der Waals surface area contributed by atoms with E-state index >= 15 is 0 Å². The first-order valence-corrected chi connectivity index (χ1v) is 2.83. The highest BCUT2D eigenvalue weighted by Crippen LogP contribution is 1.96. The summed E-state index contributed by atoms with van der Waals surface area (Å²) >= 11 is 0. The third-order valence-corrected chi connectivity index (χ3v) is 1.04. The summed E-state index contributed by atoms with van der Waals surface area (Å²) in [6.45, 7) is 0. The second-order valence-corrected chi connectivity index (χ2v) is 1.64. The van der Waals surface area contributed by atoms with Crippen molar-refractivity contribution in [3.05, 3.63) is 11.4 Å². The molecule has 0 saturated heterocycles. The topological polar surface area (TPSA) is 88.1 Å². The van der Waals surface area contributed by atoms with Crippen molar-refractivity contribution in [1.29, 1.82) is 5.26 Å². The first-order chi connectivity index (χ1) is 5.17. The molecule has 3 N–H and O–H groups in total. The molecule has 0 aliphatic heterocycles. The monoisotopic (exact) mass is 155 g/mol. The van der Waals surface area contributed by atoms with Gasteiger partial charge in [-0.25, -0.2) is 4.79 Å². The Labute approximate surface area is 64.4 Å². The number of nitrogens with one attached hydrogen (secondary N) is 1. The van der Waals surface area contributed by atoms with E-state index in [1.54, 1.807) is 6.07 Å². The first-order valence-electron chi connectivity index (χ1n) is 2.83. The van der Waals surface area contributed by atoms with E-state index in [-0.39, 0.29) is 11.4 Å². The summed E-state index contributed by atoms with van der Waals surface area (Å²) in [6, 6.07) is 1.62. The van der Waals surface area contributed by atoms with Gasteiger partial charge in [-0.05, 0) is 0 Å². The first kappa shape index (κ1) is 9.30. The normalized spacial score (nSPS) is 11.0. The number of hydrogen-bond donors (Lipinski definition) is 2. The molecule has 0 atom stereocenters. The van der Waals surface area contributed by atoms with Gasteiger partial charge < -0.3 is 15.8 Å². The summed E-state index contributed by atoms with van der Waals surface area (Å²) in [5.74, 6) is -0.723. The Morgan fingerprint density at radius 1 is 1.73 bits per heavy atom. The number of nitrogens with two attached hydrogens (primary N) is 1. The van der Waals surface area contributed by atoms with Crippen LogP contribution >= 0.6 is 0 Å². The fourth-order valence-electron chi connectivity index (χ4n) is 0.443. The van der Waals surface area contributed by atoms with Crippen LogP contribution in [0.25, 0.3) is 0 Å². The molecule has 5 nitrogen and oxygen atoms in total. The zero-order valence-corrected chi connectivity index (χ0v) is 6.34. The molecule has 0 amide bonds. The lowest BCUT2D eigenvalue weighted by Crippen LogP contribution is -2.21. The van der Waals surface area contributed by atoms with Gasteiger partial charge >= 0.3 is 5.97 Å². The predicted octanol–water partition coefficient (Wildman–Crippen LogP) is -0.927. The Kier molecular flexibility index (Phi) is 3.52. The van der Waals surface area contributed by atoms with Crippen LogP contribution in [0.2, 0.25) is 0 Å². The molecule has 0 rings (SSSR count). The zero-order chi connectivity index (χ0) is 8.85. The average molecular weight is 155 g/mol. The molecule has 0 aromatic carbocycles. The molecule has 11 heavy (non-hydrogen) atoms. The Balaban J connectivity index is 4.69. The summed E-state index contributed by atoms with van der Waals surface area (Å²) in [4.78, 5) is 10.7. The fraction of sp³-hybridized carbons (Fsp3) is 0.333. The quantitative estimate of drug-likeness (QED) is 0.305. The second-order valence-electron chi connectivity index (χ2n) is 1.64. The van der Waals surface area contributed by atoms with Gasteiger partial charge in [0.2, 0.25) is 0 Å². The molecule has 0 spiro atoms. The van der Waals surface area contributed by atoms with Gasteiger partial charge in [-0.15, -0.1) is 0 Å². The predicted molar refractivity (Wildman–Crippen MR) is 37.9 cm³/mol. The molecule has 0 aliphatic carbocycles. The maximum Gasteiger partial charge on any atom is 0.352 e. The molecule has 60 valence electrons. The van der Waals surface area contributed by atoms with Crippen LogP contribution in [0.3, 0.4) is 0 Å². The van der Waals surface area contributed by atoms with Crippen LogP contribution in [0.5, 0.6) is 0 Å². The highest BCUT2D eigenvalue weighted by molar-refractivity contribution is 5.93. The van der Waals surface area contributed by atoms with Crippen molar-refractivity contribution in [3.8, 4) is 6.07 Å². The van der Waals surface area contributed by atoms with Crippen molar-refractivity contribution < 1.29 is 9.53 Å².